The van der Waals surface area contributed by atoms with Crippen molar-refractivity contribution in [3.8, 4) is 5.75 Å². The second kappa shape index (κ2) is 6.75. The number of aryl methyl sites for hydroxylation is 2. The third-order valence-electron chi connectivity index (χ3n) is 4.13. The van der Waals surface area contributed by atoms with Gasteiger partial charge in [-0.15, -0.1) is 0 Å². The molecule has 0 aliphatic carbocycles. The second-order valence-electron chi connectivity index (χ2n) is 6.03. The summed E-state index contributed by atoms with van der Waals surface area (Å²) in [7, 11) is 0. The lowest BCUT2D eigenvalue weighted by molar-refractivity contribution is -0.122. The number of hydrogen-bond donors (Lipinski definition) is 1. The number of anilines is 1. The van der Waals surface area contributed by atoms with Gasteiger partial charge in [-0.2, -0.15) is 0 Å². The Morgan fingerprint density at radius 3 is 2.29 bits per heavy atom. The van der Waals surface area contributed by atoms with Crippen molar-refractivity contribution in [2.75, 3.05) is 5.32 Å². The first kappa shape index (κ1) is 16.1. The van der Waals surface area contributed by atoms with Gasteiger partial charge in [-0.3, -0.25) is 4.79 Å². The first-order chi connectivity index (χ1) is 11.5. The highest BCUT2D eigenvalue weighted by Crippen LogP contribution is 2.23. The summed E-state index contributed by atoms with van der Waals surface area (Å²) in [5.74, 6) is 0.540. The predicted octanol–water partition coefficient (Wildman–Crippen LogP) is 4.86. The number of hydrogen-bond acceptors (Lipinski definition) is 2. The summed E-state index contributed by atoms with van der Waals surface area (Å²) in [5.41, 5.74) is 2.94. The van der Waals surface area contributed by atoms with E-state index >= 15 is 0 Å². The van der Waals surface area contributed by atoms with Crippen LogP contribution in [0.25, 0.3) is 10.8 Å². The molecule has 0 aromatic heterocycles. The van der Waals surface area contributed by atoms with Crippen molar-refractivity contribution in [3.63, 3.8) is 0 Å². The van der Waals surface area contributed by atoms with Crippen molar-refractivity contribution in [2.24, 2.45) is 0 Å². The molecule has 1 N–H and O–H groups in total. The monoisotopic (exact) mass is 319 g/mol. The average molecular weight is 319 g/mol. The Morgan fingerprint density at radius 2 is 1.58 bits per heavy atom. The standard InChI is InChI=1S/C21H21NO2/c1-14-7-6-8-15(2)20(14)22-21(23)16(3)24-19-12-11-17-9-4-5-10-18(17)13-19/h4-13,16H,1-3H3,(H,22,23)/t16-/m0/s1. The zero-order valence-electron chi connectivity index (χ0n) is 14.2. The quantitative estimate of drug-likeness (QED) is 0.745. The Kier molecular flexibility index (Phi) is 4.52. The molecule has 0 heterocycles. The smallest absolute Gasteiger partial charge is 0.265 e. The number of carbonyl (C=O) groups is 1. The highest BCUT2D eigenvalue weighted by Gasteiger charge is 2.16. The van der Waals surface area contributed by atoms with Crippen LogP contribution >= 0.6 is 0 Å². The number of amides is 1. The molecule has 0 saturated heterocycles. The van der Waals surface area contributed by atoms with Crippen LogP contribution in [0.2, 0.25) is 0 Å². The summed E-state index contributed by atoms with van der Waals surface area (Å²) in [6.07, 6.45) is -0.579. The Hall–Kier alpha value is -2.81. The van der Waals surface area contributed by atoms with Crippen molar-refractivity contribution in [3.05, 3.63) is 71.8 Å². The molecule has 122 valence electrons. The molecule has 0 aliphatic rings. The molecule has 0 saturated carbocycles. The molecule has 24 heavy (non-hydrogen) atoms. The van der Waals surface area contributed by atoms with Gasteiger partial charge in [0.05, 0.1) is 0 Å². The molecular weight excluding hydrogens is 298 g/mol. The zero-order valence-corrected chi connectivity index (χ0v) is 14.2. The minimum atomic E-state index is -0.579. The SMILES string of the molecule is Cc1cccc(C)c1NC(=O)[C@H](C)Oc1ccc2ccccc2c1. The lowest BCUT2D eigenvalue weighted by Gasteiger charge is -2.17. The number of carbonyl (C=O) groups excluding carboxylic acids is 1. The van der Waals surface area contributed by atoms with Gasteiger partial charge in [0, 0.05) is 5.69 Å². The van der Waals surface area contributed by atoms with Crippen molar-refractivity contribution >= 4 is 22.4 Å². The van der Waals surface area contributed by atoms with E-state index in [1.807, 2.05) is 68.4 Å². The van der Waals surface area contributed by atoms with Gasteiger partial charge in [-0.05, 0) is 54.8 Å². The van der Waals surface area contributed by atoms with Crippen LogP contribution in [0, 0.1) is 13.8 Å². The van der Waals surface area contributed by atoms with Crippen LogP contribution in [-0.2, 0) is 4.79 Å². The summed E-state index contributed by atoms with van der Waals surface area (Å²) in [6, 6.07) is 19.9. The van der Waals surface area contributed by atoms with Gasteiger partial charge in [0.2, 0.25) is 0 Å². The Morgan fingerprint density at radius 1 is 0.917 bits per heavy atom. The van der Waals surface area contributed by atoms with Crippen molar-refractivity contribution < 1.29 is 9.53 Å². The molecule has 3 heteroatoms. The lowest BCUT2D eigenvalue weighted by atomic mass is 10.1. The van der Waals surface area contributed by atoms with Crippen LogP contribution in [-0.4, -0.2) is 12.0 Å². The van der Waals surface area contributed by atoms with E-state index in [1.54, 1.807) is 6.92 Å². The van der Waals surface area contributed by atoms with Crippen molar-refractivity contribution in [1.82, 2.24) is 0 Å². The summed E-state index contributed by atoms with van der Waals surface area (Å²) in [5, 5.41) is 5.22. The first-order valence-corrected chi connectivity index (χ1v) is 8.07. The average Bonchev–Trinajstić information content (AvgIpc) is 2.58. The molecule has 0 aliphatic heterocycles. The van der Waals surface area contributed by atoms with Crippen LogP contribution < -0.4 is 10.1 Å². The third-order valence-corrected chi connectivity index (χ3v) is 4.13. The summed E-state index contributed by atoms with van der Waals surface area (Å²) in [4.78, 5) is 12.4. The van der Waals surface area contributed by atoms with Gasteiger partial charge < -0.3 is 10.1 Å². The predicted molar refractivity (Wildman–Crippen MR) is 98.6 cm³/mol. The Labute approximate surface area is 142 Å². The van der Waals surface area contributed by atoms with E-state index in [0.717, 1.165) is 27.6 Å². The molecule has 3 aromatic carbocycles. The van der Waals surface area contributed by atoms with E-state index in [0.29, 0.717) is 5.75 Å². The van der Waals surface area contributed by atoms with E-state index in [4.69, 9.17) is 4.74 Å². The Balaban J connectivity index is 1.73. The first-order valence-electron chi connectivity index (χ1n) is 8.07. The maximum absolute atomic E-state index is 12.4. The number of nitrogens with one attached hydrogen (secondary N) is 1. The molecule has 1 amide bonds. The van der Waals surface area contributed by atoms with Crippen LogP contribution in [0.5, 0.6) is 5.75 Å². The maximum atomic E-state index is 12.4. The van der Waals surface area contributed by atoms with E-state index in [-0.39, 0.29) is 5.91 Å². The van der Waals surface area contributed by atoms with Crippen molar-refractivity contribution in [1.29, 1.82) is 0 Å². The normalized spacial score (nSPS) is 12.0. The van der Waals surface area contributed by atoms with E-state index in [1.165, 1.54) is 0 Å². The molecule has 0 radical (unpaired) electrons. The molecule has 0 fully saturated rings. The summed E-state index contributed by atoms with van der Waals surface area (Å²) in [6.45, 7) is 5.73. The lowest BCUT2D eigenvalue weighted by Crippen LogP contribution is -2.30. The Bertz CT molecular complexity index is 866. The van der Waals surface area contributed by atoms with Crippen LogP contribution in [0.4, 0.5) is 5.69 Å². The highest BCUT2D eigenvalue weighted by molar-refractivity contribution is 5.95. The molecule has 1 atom stereocenters. The van der Waals surface area contributed by atoms with Gasteiger partial charge in [0.1, 0.15) is 5.75 Å². The minimum Gasteiger partial charge on any atom is -0.481 e. The number of ether oxygens (including phenoxy) is 1. The van der Waals surface area contributed by atoms with Gasteiger partial charge >= 0.3 is 0 Å². The number of fused-ring (bicyclic) bond motifs is 1. The fourth-order valence-electron chi connectivity index (χ4n) is 2.73. The molecule has 3 rings (SSSR count). The largest absolute Gasteiger partial charge is 0.481 e. The molecular formula is C21H21NO2. The maximum Gasteiger partial charge on any atom is 0.265 e. The number of rotatable bonds is 4. The van der Waals surface area contributed by atoms with Crippen LogP contribution in [0.3, 0.4) is 0 Å². The zero-order chi connectivity index (χ0) is 17.1. The second-order valence-corrected chi connectivity index (χ2v) is 6.03. The van der Waals surface area contributed by atoms with Crippen LogP contribution in [0.1, 0.15) is 18.1 Å². The third kappa shape index (κ3) is 3.40. The highest BCUT2D eigenvalue weighted by atomic mass is 16.5. The molecule has 0 spiro atoms. The van der Waals surface area contributed by atoms with Gasteiger partial charge in [-0.25, -0.2) is 0 Å². The summed E-state index contributed by atoms with van der Waals surface area (Å²) < 4.78 is 5.82. The molecule has 3 nitrogen and oxygen atoms in total. The van der Waals surface area contributed by atoms with E-state index < -0.39 is 6.10 Å². The fraction of sp³-hybridized carbons (Fsp3) is 0.190. The summed E-state index contributed by atoms with van der Waals surface area (Å²) >= 11 is 0. The minimum absolute atomic E-state index is 0.152. The fourth-order valence-corrected chi connectivity index (χ4v) is 2.73. The van der Waals surface area contributed by atoms with Gasteiger partial charge in [0.15, 0.2) is 6.10 Å². The topological polar surface area (TPSA) is 38.3 Å². The van der Waals surface area contributed by atoms with E-state index in [2.05, 4.69) is 11.4 Å². The molecule has 3 aromatic rings. The van der Waals surface area contributed by atoms with Crippen LogP contribution in [0.15, 0.2) is 60.7 Å². The van der Waals surface area contributed by atoms with E-state index in [9.17, 15) is 4.79 Å². The van der Waals surface area contributed by atoms with Crippen molar-refractivity contribution in [2.45, 2.75) is 26.9 Å². The number of para-hydroxylation sites is 1. The molecule has 0 unspecified atom stereocenters. The number of benzene rings is 3. The molecule has 0 bridgehead atoms. The van der Waals surface area contributed by atoms with Gasteiger partial charge in [-0.1, -0.05) is 48.5 Å². The van der Waals surface area contributed by atoms with Gasteiger partial charge in [0.25, 0.3) is 5.91 Å².